The first-order chi connectivity index (χ1) is 15.5. The summed E-state index contributed by atoms with van der Waals surface area (Å²) < 4.78 is 34.4. The number of carbonyl (C=O) groups excluding carboxylic acids is 1. The number of benzene rings is 3. The van der Waals surface area contributed by atoms with Gasteiger partial charge in [0.05, 0.1) is 24.5 Å². The van der Waals surface area contributed by atoms with E-state index >= 15 is 0 Å². The van der Waals surface area contributed by atoms with Crippen molar-refractivity contribution < 1.29 is 18.3 Å². The topological polar surface area (TPSA) is 50.4 Å². The third-order valence-electron chi connectivity index (χ3n) is 6.16. The third-order valence-corrected chi connectivity index (χ3v) is 6.16. The van der Waals surface area contributed by atoms with Gasteiger partial charge in [-0.1, -0.05) is 30.3 Å². The molecule has 0 bridgehead atoms. The van der Waals surface area contributed by atoms with E-state index in [1.54, 1.807) is 7.11 Å². The van der Waals surface area contributed by atoms with E-state index in [0.717, 1.165) is 40.9 Å². The van der Waals surface area contributed by atoms with Crippen LogP contribution in [0.3, 0.4) is 0 Å². The summed E-state index contributed by atoms with van der Waals surface area (Å²) in [5.41, 5.74) is 3.72. The Balaban J connectivity index is 1.65. The second-order valence-corrected chi connectivity index (χ2v) is 8.08. The van der Waals surface area contributed by atoms with Gasteiger partial charge in [0.25, 0.3) is 0 Å². The average molecular weight is 432 g/mol. The van der Waals surface area contributed by atoms with Crippen molar-refractivity contribution in [2.45, 2.75) is 24.8 Å². The Morgan fingerprint density at radius 2 is 1.66 bits per heavy atom. The lowest BCUT2D eigenvalue weighted by atomic mass is 9.78. The number of nitrogens with one attached hydrogen (secondary N) is 2. The summed E-state index contributed by atoms with van der Waals surface area (Å²) >= 11 is 0. The summed E-state index contributed by atoms with van der Waals surface area (Å²) in [5, 5.41) is 6.68. The molecule has 0 saturated heterocycles. The molecule has 5 rings (SSSR count). The minimum atomic E-state index is -0.803. The van der Waals surface area contributed by atoms with E-state index in [-0.39, 0.29) is 23.7 Å². The first kappa shape index (κ1) is 20.2. The molecule has 0 saturated carbocycles. The Labute approximate surface area is 184 Å². The van der Waals surface area contributed by atoms with E-state index < -0.39 is 17.7 Å². The van der Waals surface area contributed by atoms with Gasteiger partial charge in [0.2, 0.25) is 0 Å². The highest BCUT2D eigenvalue weighted by molar-refractivity contribution is 6.01. The number of halogens is 2. The number of hydrogen-bond donors (Lipinski definition) is 2. The van der Waals surface area contributed by atoms with Crippen molar-refractivity contribution in [2.24, 2.45) is 0 Å². The number of Topliss-reactive ketones (excluding diaryl/α,β-unsaturated/α-hetero) is 1. The van der Waals surface area contributed by atoms with Crippen molar-refractivity contribution in [1.29, 1.82) is 0 Å². The molecule has 1 aliphatic carbocycles. The molecule has 0 fully saturated rings. The smallest absolute Gasteiger partial charge is 0.163 e. The Bertz CT molecular complexity index is 1240. The molecule has 1 aliphatic heterocycles. The zero-order chi connectivity index (χ0) is 22.2. The molecule has 3 aromatic carbocycles. The first-order valence-electron chi connectivity index (χ1n) is 10.5. The predicted molar refractivity (Wildman–Crippen MR) is 120 cm³/mol. The zero-order valence-electron chi connectivity index (χ0n) is 17.5. The van der Waals surface area contributed by atoms with Gasteiger partial charge in [-0.25, -0.2) is 8.78 Å². The highest BCUT2D eigenvalue weighted by Crippen LogP contribution is 2.45. The molecule has 0 amide bonds. The van der Waals surface area contributed by atoms with Crippen LogP contribution in [0.15, 0.2) is 78.0 Å². The van der Waals surface area contributed by atoms with Gasteiger partial charge in [-0.15, -0.1) is 0 Å². The Morgan fingerprint density at radius 1 is 0.906 bits per heavy atom. The van der Waals surface area contributed by atoms with Crippen LogP contribution < -0.4 is 15.4 Å². The van der Waals surface area contributed by atoms with E-state index in [1.165, 1.54) is 0 Å². The highest BCUT2D eigenvalue weighted by Gasteiger charge is 2.37. The van der Waals surface area contributed by atoms with Crippen molar-refractivity contribution in [3.8, 4) is 5.75 Å². The van der Waals surface area contributed by atoms with Crippen LogP contribution in [0.1, 0.15) is 35.9 Å². The number of allylic oxidation sites excluding steroid dienone is 1. The van der Waals surface area contributed by atoms with Crippen molar-refractivity contribution in [3.05, 3.63) is 101 Å². The molecule has 162 valence electrons. The maximum Gasteiger partial charge on any atom is 0.163 e. The molecule has 6 heteroatoms. The molecule has 0 aromatic heterocycles. The zero-order valence-corrected chi connectivity index (χ0v) is 17.5. The number of carbonyl (C=O) groups is 1. The Morgan fingerprint density at radius 3 is 2.47 bits per heavy atom. The van der Waals surface area contributed by atoms with Gasteiger partial charge in [0.1, 0.15) is 17.4 Å². The van der Waals surface area contributed by atoms with Crippen LogP contribution in [0.5, 0.6) is 5.75 Å². The predicted octanol–water partition coefficient (Wildman–Crippen LogP) is 5.95. The van der Waals surface area contributed by atoms with E-state index in [1.807, 2.05) is 48.5 Å². The minimum absolute atomic E-state index is 0.0897. The number of rotatable bonds is 3. The molecule has 2 aliphatic rings. The van der Waals surface area contributed by atoms with E-state index in [2.05, 4.69) is 10.6 Å². The number of hydrogen-bond acceptors (Lipinski definition) is 4. The van der Waals surface area contributed by atoms with Crippen LogP contribution >= 0.6 is 0 Å². The molecular formula is C26H22F2N2O2. The van der Waals surface area contributed by atoms with Gasteiger partial charge in [0, 0.05) is 29.2 Å². The number of methoxy groups -OCH3 is 1. The van der Waals surface area contributed by atoms with Gasteiger partial charge in [0.15, 0.2) is 5.78 Å². The van der Waals surface area contributed by atoms with Crippen molar-refractivity contribution >= 4 is 17.2 Å². The van der Waals surface area contributed by atoms with Crippen LogP contribution in [-0.2, 0) is 4.79 Å². The molecule has 3 aromatic rings. The van der Waals surface area contributed by atoms with Gasteiger partial charge in [-0.2, -0.15) is 0 Å². The van der Waals surface area contributed by atoms with Crippen LogP contribution in [0.25, 0.3) is 0 Å². The number of para-hydroxylation sites is 3. The molecule has 4 nitrogen and oxygen atoms in total. The molecule has 2 N–H and O–H groups in total. The highest BCUT2D eigenvalue weighted by atomic mass is 19.1. The molecule has 0 radical (unpaired) electrons. The minimum Gasteiger partial charge on any atom is -0.496 e. The van der Waals surface area contributed by atoms with E-state index in [4.69, 9.17) is 4.74 Å². The fourth-order valence-corrected chi connectivity index (χ4v) is 4.69. The van der Waals surface area contributed by atoms with E-state index in [9.17, 15) is 13.6 Å². The Kier molecular flexibility index (Phi) is 5.13. The lowest BCUT2D eigenvalue weighted by Crippen LogP contribution is -2.27. The van der Waals surface area contributed by atoms with Gasteiger partial charge >= 0.3 is 0 Å². The summed E-state index contributed by atoms with van der Waals surface area (Å²) in [4.78, 5) is 13.5. The summed E-state index contributed by atoms with van der Waals surface area (Å²) in [5.74, 6) is -0.577. The van der Waals surface area contributed by atoms with Crippen molar-refractivity contribution in [2.75, 3.05) is 17.7 Å². The number of fused-ring (bicyclic) bond motifs is 1. The molecule has 0 spiro atoms. The summed E-state index contributed by atoms with van der Waals surface area (Å²) in [6.45, 7) is 0. The van der Waals surface area contributed by atoms with Crippen molar-refractivity contribution in [1.82, 2.24) is 0 Å². The van der Waals surface area contributed by atoms with E-state index in [0.29, 0.717) is 17.7 Å². The van der Waals surface area contributed by atoms with Crippen molar-refractivity contribution in [3.63, 3.8) is 0 Å². The maximum atomic E-state index is 14.8. The molecule has 2 atom stereocenters. The first-order valence-corrected chi connectivity index (χ1v) is 10.5. The standard InChI is InChI=1S/C26H22F2N2O2/c1-32-24-9-5-2-6-17(24)15-12-22-25(23(31)13-15)26(18-14-16(27)10-11-19(18)28)30-21-8-4-3-7-20(21)29-22/h2-11,14-15,26,29-30H,12-13H2,1H3. The van der Waals surface area contributed by atoms with Crippen LogP contribution in [0, 0.1) is 11.6 Å². The molecular weight excluding hydrogens is 410 g/mol. The lowest BCUT2D eigenvalue weighted by molar-refractivity contribution is -0.116. The normalized spacial score (nSPS) is 19.9. The monoisotopic (exact) mass is 432 g/mol. The average Bonchev–Trinajstić information content (AvgIpc) is 2.97. The number of anilines is 2. The Hall–Kier alpha value is -3.67. The third kappa shape index (κ3) is 3.51. The second kappa shape index (κ2) is 8.11. The van der Waals surface area contributed by atoms with Crippen LogP contribution in [-0.4, -0.2) is 12.9 Å². The number of ketones is 1. The molecule has 32 heavy (non-hydrogen) atoms. The SMILES string of the molecule is COc1ccccc1C1CC(=O)C2=C(C1)Nc1ccccc1NC2c1cc(F)ccc1F. The second-order valence-electron chi connectivity index (χ2n) is 8.08. The fourth-order valence-electron chi connectivity index (χ4n) is 4.69. The van der Waals surface area contributed by atoms with Crippen LogP contribution in [0.2, 0.25) is 0 Å². The lowest BCUT2D eigenvalue weighted by Gasteiger charge is -2.30. The number of ether oxygens (including phenoxy) is 1. The van der Waals surface area contributed by atoms with Crippen LogP contribution in [0.4, 0.5) is 20.2 Å². The molecule has 2 unspecified atom stereocenters. The fraction of sp³-hybridized carbons (Fsp3) is 0.192. The largest absolute Gasteiger partial charge is 0.496 e. The van der Waals surface area contributed by atoms with Gasteiger partial charge in [-0.05, 0) is 48.4 Å². The maximum absolute atomic E-state index is 14.8. The van der Waals surface area contributed by atoms with Gasteiger partial charge in [-0.3, -0.25) is 4.79 Å². The summed E-state index contributed by atoms with van der Waals surface area (Å²) in [6.07, 6.45) is 0.803. The van der Waals surface area contributed by atoms with Gasteiger partial charge < -0.3 is 15.4 Å². The summed E-state index contributed by atoms with van der Waals surface area (Å²) in [6, 6.07) is 17.7. The quantitative estimate of drug-likeness (QED) is 0.537. The molecule has 1 heterocycles. The summed E-state index contributed by atoms with van der Waals surface area (Å²) in [7, 11) is 1.61.